The lowest BCUT2D eigenvalue weighted by Crippen LogP contribution is -2.31. The zero-order chi connectivity index (χ0) is 17.0. The van der Waals surface area contributed by atoms with Crippen LogP contribution < -0.4 is 0 Å². The molecule has 1 aromatic rings. The minimum absolute atomic E-state index is 0.0809. The molecular formula is C13H19N3O4S2. The largest absolute Gasteiger partial charge is 0.243 e. The minimum Gasteiger partial charge on any atom is -0.207 e. The molecule has 1 rings (SSSR count). The Bertz CT molecular complexity index is 763. The van der Waals surface area contributed by atoms with E-state index in [2.05, 4.69) is 0 Å². The molecule has 0 bridgehead atoms. The standard InChI is InChI=1S/C13H19N3O4S2/c1-4-16(5-2)22(19,20)13-8-6-7-12(11-13)21(17,18)15(3)10-9-14/h6-8,11H,4-5,10H2,1-3H3. The van der Waals surface area contributed by atoms with Gasteiger partial charge in [-0.2, -0.15) is 13.9 Å². The predicted octanol–water partition coefficient (Wildman–Crippen LogP) is 0.861. The Labute approximate surface area is 131 Å². The average Bonchev–Trinajstić information content (AvgIpc) is 2.48. The van der Waals surface area contributed by atoms with Gasteiger partial charge in [-0.1, -0.05) is 19.9 Å². The number of sulfonamides is 2. The maximum absolute atomic E-state index is 12.4. The molecule has 7 nitrogen and oxygen atoms in total. The molecular weight excluding hydrogens is 326 g/mol. The molecule has 0 aromatic heterocycles. The van der Waals surface area contributed by atoms with E-state index in [0.717, 1.165) is 10.4 Å². The minimum atomic E-state index is -3.90. The Balaban J connectivity index is 3.35. The van der Waals surface area contributed by atoms with E-state index in [9.17, 15) is 16.8 Å². The fourth-order valence-corrected chi connectivity index (χ4v) is 4.57. The first kappa shape index (κ1) is 18.6. The van der Waals surface area contributed by atoms with Gasteiger partial charge >= 0.3 is 0 Å². The Morgan fingerprint density at radius 3 is 2.00 bits per heavy atom. The van der Waals surface area contributed by atoms with Gasteiger partial charge in [-0.25, -0.2) is 16.8 Å². The second-order valence-corrected chi connectivity index (χ2v) is 8.47. The Hall–Kier alpha value is -1.47. The Morgan fingerprint density at radius 2 is 1.55 bits per heavy atom. The molecule has 1 aromatic carbocycles. The highest BCUT2D eigenvalue weighted by Crippen LogP contribution is 2.21. The van der Waals surface area contributed by atoms with Gasteiger partial charge in [0.2, 0.25) is 20.0 Å². The van der Waals surface area contributed by atoms with Gasteiger partial charge in [-0.15, -0.1) is 0 Å². The molecule has 0 aliphatic rings. The molecule has 0 fully saturated rings. The van der Waals surface area contributed by atoms with Crippen molar-refractivity contribution in [2.24, 2.45) is 0 Å². The molecule has 0 heterocycles. The maximum atomic E-state index is 12.4. The first-order chi connectivity index (χ1) is 10.2. The van der Waals surface area contributed by atoms with Crippen LogP contribution in [0.2, 0.25) is 0 Å². The van der Waals surface area contributed by atoms with E-state index in [4.69, 9.17) is 5.26 Å². The third kappa shape index (κ3) is 3.64. The Morgan fingerprint density at radius 1 is 1.05 bits per heavy atom. The average molecular weight is 345 g/mol. The number of nitrogens with zero attached hydrogens (tertiary/aromatic N) is 3. The van der Waals surface area contributed by atoms with Gasteiger partial charge in [0, 0.05) is 20.1 Å². The molecule has 0 saturated carbocycles. The van der Waals surface area contributed by atoms with Crippen LogP contribution in [0.15, 0.2) is 34.1 Å². The predicted molar refractivity (Wildman–Crippen MR) is 82.0 cm³/mol. The van der Waals surface area contributed by atoms with Crippen molar-refractivity contribution in [2.75, 3.05) is 26.7 Å². The normalized spacial score (nSPS) is 12.5. The smallest absolute Gasteiger partial charge is 0.207 e. The highest BCUT2D eigenvalue weighted by molar-refractivity contribution is 7.90. The second-order valence-electron chi connectivity index (χ2n) is 4.48. The van der Waals surface area contributed by atoms with E-state index in [-0.39, 0.29) is 16.3 Å². The number of hydrogen-bond donors (Lipinski definition) is 0. The van der Waals surface area contributed by atoms with Gasteiger partial charge in [0.05, 0.1) is 15.9 Å². The quantitative estimate of drug-likeness (QED) is 0.683. The summed E-state index contributed by atoms with van der Waals surface area (Å²) in [5.41, 5.74) is 0. The number of rotatable bonds is 7. The van der Waals surface area contributed by atoms with Gasteiger partial charge in [-0.3, -0.25) is 0 Å². The lowest BCUT2D eigenvalue weighted by molar-refractivity contribution is 0.445. The lowest BCUT2D eigenvalue weighted by Gasteiger charge is -2.19. The van der Waals surface area contributed by atoms with E-state index < -0.39 is 20.0 Å². The summed E-state index contributed by atoms with van der Waals surface area (Å²) in [7, 11) is -6.36. The third-order valence-electron chi connectivity index (χ3n) is 3.15. The number of benzene rings is 1. The van der Waals surface area contributed by atoms with E-state index in [0.29, 0.717) is 13.1 Å². The highest BCUT2D eigenvalue weighted by Gasteiger charge is 2.25. The fourth-order valence-electron chi connectivity index (χ4n) is 1.87. The van der Waals surface area contributed by atoms with Crippen LogP contribution in [-0.2, 0) is 20.0 Å². The molecule has 0 aliphatic heterocycles. The fraction of sp³-hybridized carbons (Fsp3) is 0.462. The summed E-state index contributed by atoms with van der Waals surface area (Å²) in [6.07, 6.45) is 0. The van der Waals surface area contributed by atoms with Crippen molar-refractivity contribution in [1.29, 1.82) is 5.26 Å². The summed E-state index contributed by atoms with van der Waals surface area (Å²) in [6.45, 7) is 3.70. The van der Waals surface area contributed by atoms with Crippen LogP contribution in [0.4, 0.5) is 0 Å². The van der Waals surface area contributed by atoms with Crippen molar-refractivity contribution in [1.82, 2.24) is 8.61 Å². The van der Waals surface area contributed by atoms with Crippen LogP contribution >= 0.6 is 0 Å². The van der Waals surface area contributed by atoms with E-state index >= 15 is 0 Å². The molecule has 0 spiro atoms. The molecule has 0 unspecified atom stereocenters. The van der Waals surface area contributed by atoms with Gasteiger partial charge in [0.25, 0.3) is 0 Å². The van der Waals surface area contributed by atoms with Crippen molar-refractivity contribution in [3.05, 3.63) is 24.3 Å². The molecule has 0 aliphatic carbocycles. The SMILES string of the molecule is CCN(CC)S(=O)(=O)c1cccc(S(=O)(=O)N(C)CC#N)c1. The molecule has 22 heavy (non-hydrogen) atoms. The van der Waals surface area contributed by atoms with Crippen molar-refractivity contribution < 1.29 is 16.8 Å². The van der Waals surface area contributed by atoms with Gasteiger partial charge in [0.15, 0.2) is 0 Å². The zero-order valence-corrected chi connectivity index (χ0v) is 14.4. The summed E-state index contributed by atoms with van der Waals surface area (Å²) < 4.78 is 51.5. The zero-order valence-electron chi connectivity index (χ0n) is 12.7. The molecule has 9 heteroatoms. The second kappa shape index (κ2) is 7.19. The van der Waals surface area contributed by atoms with Crippen LogP contribution in [0.25, 0.3) is 0 Å². The van der Waals surface area contributed by atoms with Crippen LogP contribution in [0, 0.1) is 11.3 Å². The third-order valence-corrected chi connectivity index (χ3v) is 7.00. The van der Waals surface area contributed by atoms with Gasteiger partial charge < -0.3 is 0 Å². The monoisotopic (exact) mass is 345 g/mol. The van der Waals surface area contributed by atoms with Gasteiger partial charge in [0.1, 0.15) is 6.54 Å². The summed E-state index contributed by atoms with van der Waals surface area (Å²) in [6, 6.07) is 6.91. The maximum Gasteiger partial charge on any atom is 0.243 e. The molecule has 0 N–H and O–H groups in total. The molecule has 0 atom stereocenters. The van der Waals surface area contributed by atoms with Crippen LogP contribution in [0.3, 0.4) is 0 Å². The molecule has 0 saturated heterocycles. The van der Waals surface area contributed by atoms with Crippen LogP contribution in [0.5, 0.6) is 0 Å². The molecule has 0 radical (unpaired) electrons. The Kier molecular flexibility index (Phi) is 6.08. The molecule has 122 valence electrons. The number of hydrogen-bond acceptors (Lipinski definition) is 5. The van der Waals surface area contributed by atoms with Crippen molar-refractivity contribution in [3.63, 3.8) is 0 Å². The summed E-state index contributed by atoms with van der Waals surface area (Å²) >= 11 is 0. The van der Waals surface area contributed by atoms with E-state index in [1.165, 1.54) is 29.6 Å². The van der Waals surface area contributed by atoms with Gasteiger partial charge in [-0.05, 0) is 18.2 Å². The molecule has 0 amide bonds. The highest BCUT2D eigenvalue weighted by atomic mass is 32.2. The summed E-state index contributed by atoms with van der Waals surface area (Å²) in [4.78, 5) is -0.235. The summed E-state index contributed by atoms with van der Waals surface area (Å²) in [5.74, 6) is 0. The lowest BCUT2D eigenvalue weighted by atomic mass is 10.4. The first-order valence-corrected chi connectivity index (χ1v) is 9.53. The van der Waals surface area contributed by atoms with E-state index in [1.54, 1.807) is 19.9 Å². The van der Waals surface area contributed by atoms with Crippen LogP contribution in [-0.4, -0.2) is 52.1 Å². The number of nitriles is 1. The van der Waals surface area contributed by atoms with Crippen molar-refractivity contribution >= 4 is 20.0 Å². The van der Waals surface area contributed by atoms with Crippen LogP contribution in [0.1, 0.15) is 13.8 Å². The topological polar surface area (TPSA) is 98.6 Å². The first-order valence-electron chi connectivity index (χ1n) is 6.65. The van der Waals surface area contributed by atoms with Crippen molar-refractivity contribution in [3.8, 4) is 6.07 Å². The van der Waals surface area contributed by atoms with E-state index in [1.807, 2.05) is 0 Å². The summed E-state index contributed by atoms with van der Waals surface area (Å²) in [5, 5.41) is 8.61. The van der Waals surface area contributed by atoms with Crippen molar-refractivity contribution in [2.45, 2.75) is 23.6 Å².